The number of carbonyl (C=O) groups excluding carboxylic acids is 3. The van der Waals surface area contributed by atoms with Crippen LogP contribution < -0.4 is 10.1 Å². The fourth-order valence-corrected chi connectivity index (χ4v) is 4.15. The standard InChI is InChI=1S/C27H35N3O5/c1-20(26(32)28-19-22-5-10-23(11-6-22)27(33)35-3)29-15-4-16-30(18-17-29)25(31)14-9-21-7-12-24(34-2)13-8-21/h5-8,10-13,20H,4,9,14-19H2,1-3H3,(H,28,32). The minimum atomic E-state index is -0.386. The summed E-state index contributed by atoms with van der Waals surface area (Å²) in [5, 5.41) is 2.97. The monoisotopic (exact) mass is 481 g/mol. The molecule has 2 aromatic rings. The first-order valence-corrected chi connectivity index (χ1v) is 12.0. The summed E-state index contributed by atoms with van der Waals surface area (Å²) in [5.41, 5.74) is 2.49. The molecule has 0 aromatic heterocycles. The normalized spacial score (nSPS) is 15.1. The van der Waals surface area contributed by atoms with E-state index in [0.29, 0.717) is 44.6 Å². The highest BCUT2D eigenvalue weighted by Crippen LogP contribution is 2.14. The Bertz CT molecular complexity index is 991. The summed E-state index contributed by atoms with van der Waals surface area (Å²) in [6.45, 7) is 5.04. The molecule has 0 spiro atoms. The van der Waals surface area contributed by atoms with Crippen molar-refractivity contribution in [1.82, 2.24) is 15.1 Å². The molecular formula is C27H35N3O5. The zero-order valence-corrected chi connectivity index (χ0v) is 20.8. The second kappa shape index (κ2) is 12.9. The smallest absolute Gasteiger partial charge is 0.337 e. The van der Waals surface area contributed by atoms with Crippen LogP contribution in [0.4, 0.5) is 0 Å². The Morgan fingerprint density at radius 2 is 1.60 bits per heavy atom. The van der Waals surface area contributed by atoms with Crippen molar-refractivity contribution in [2.24, 2.45) is 0 Å². The van der Waals surface area contributed by atoms with Gasteiger partial charge in [0.25, 0.3) is 0 Å². The summed E-state index contributed by atoms with van der Waals surface area (Å²) in [5.74, 6) is 0.516. The van der Waals surface area contributed by atoms with Gasteiger partial charge in [-0.3, -0.25) is 14.5 Å². The highest BCUT2D eigenvalue weighted by Gasteiger charge is 2.25. The zero-order chi connectivity index (χ0) is 25.2. The Morgan fingerprint density at radius 3 is 2.26 bits per heavy atom. The van der Waals surface area contributed by atoms with E-state index in [-0.39, 0.29) is 23.8 Å². The van der Waals surface area contributed by atoms with Crippen molar-refractivity contribution in [3.63, 3.8) is 0 Å². The Balaban J connectivity index is 1.43. The first kappa shape index (κ1) is 26.2. The van der Waals surface area contributed by atoms with Gasteiger partial charge in [-0.05, 0) is 55.2 Å². The van der Waals surface area contributed by atoms with Crippen LogP contribution in [-0.4, -0.2) is 74.0 Å². The molecule has 0 bridgehead atoms. The summed E-state index contributed by atoms with van der Waals surface area (Å²) in [6, 6.07) is 14.5. The minimum absolute atomic E-state index is 0.0543. The zero-order valence-electron chi connectivity index (χ0n) is 20.8. The van der Waals surface area contributed by atoms with Gasteiger partial charge in [0.15, 0.2) is 0 Å². The fraction of sp³-hybridized carbons (Fsp3) is 0.444. The molecule has 1 aliphatic heterocycles. The van der Waals surface area contributed by atoms with Gasteiger partial charge in [0, 0.05) is 39.1 Å². The molecule has 8 nitrogen and oxygen atoms in total. The summed E-state index contributed by atoms with van der Waals surface area (Å²) in [6.07, 6.45) is 2.00. The minimum Gasteiger partial charge on any atom is -0.497 e. The number of hydrogen-bond acceptors (Lipinski definition) is 6. The van der Waals surface area contributed by atoms with E-state index >= 15 is 0 Å². The van der Waals surface area contributed by atoms with Crippen molar-refractivity contribution in [3.8, 4) is 5.75 Å². The molecule has 0 radical (unpaired) electrons. The molecule has 1 saturated heterocycles. The van der Waals surface area contributed by atoms with Crippen LogP contribution in [0.1, 0.15) is 41.3 Å². The van der Waals surface area contributed by atoms with Crippen LogP contribution in [0.25, 0.3) is 0 Å². The second-order valence-corrected chi connectivity index (χ2v) is 8.70. The van der Waals surface area contributed by atoms with Crippen LogP contribution in [0.2, 0.25) is 0 Å². The number of rotatable bonds is 9. The first-order chi connectivity index (χ1) is 16.9. The number of methoxy groups -OCH3 is 2. The summed E-state index contributed by atoms with van der Waals surface area (Å²) in [4.78, 5) is 41.1. The third-order valence-electron chi connectivity index (χ3n) is 6.44. The average molecular weight is 482 g/mol. The van der Waals surface area contributed by atoms with E-state index in [1.165, 1.54) is 7.11 Å². The molecule has 2 aromatic carbocycles. The summed E-state index contributed by atoms with van der Waals surface area (Å²) >= 11 is 0. The van der Waals surface area contributed by atoms with Gasteiger partial charge in [0.05, 0.1) is 25.8 Å². The number of aryl methyl sites for hydroxylation is 1. The molecule has 35 heavy (non-hydrogen) atoms. The summed E-state index contributed by atoms with van der Waals surface area (Å²) in [7, 11) is 2.98. The number of carbonyl (C=O) groups is 3. The van der Waals surface area contributed by atoms with Crippen LogP contribution in [0, 0.1) is 0 Å². The van der Waals surface area contributed by atoms with Gasteiger partial charge >= 0.3 is 5.97 Å². The number of hydrogen-bond donors (Lipinski definition) is 1. The molecule has 0 aliphatic carbocycles. The molecule has 0 saturated carbocycles. The van der Waals surface area contributed by atoms with Crippen molar-refractivity contribution in [3.05, 3.63) is 65.2 Å². The highest BCUT2D eigenvalue weighted by atomic mass is 16.5. The number of ether oxygens (including phenoxy) is 2. The molecule has 2 amide bonds. The lowest BCUT2D eigenvalue weighted by Gasteiger charge is -2.27. The molecule has 1 unspecified atom stereocenters. The molecule has 1 atom stereocenters. The molecule has 8 heteroatoms. The van der Waals surface area contributed by atoms with Gasteiger partial charge in [0.2, 0.25) is 11.8 Å². The van der Waals surface area contributed by atoms with E-state index < -0.39 is 0 Å². The Hall–Kier alpha value is -3.39. The maximum absolute atomic E-state index is 12.8. The van der Waals surface area contributed by atoms with Crippen molar-refractivity contribution < 1.29 is 23.9 Å². The summed E-state index contributed by atoms with van der Waals surface area (Å²) < 4.78 is 9.88. The highest BCUT2D eigenvalue weighted by molar-refractivity contribution is 5.89. The number of benzene rings is 2. The predicted octanol–water partition coefficient (Wildman–Crippen LogP) is 2.65. The van der Waals surface area contributed by atoms with Crippen LogP contribution in [0.5, 0.6) is 5.75 Å². The lowest BCUT2D eigenvalue weighted by molar-refractivity contribution is -0.131. The third kappa shape index (κ3) is 7.55. The van der Waals surface area contributed by atoms with E-state index in [1.54, 1.807) is 31.4 Å². The number of nitrogens with one attached hydrogen (secondary N) is 1. The van der Waals surface area contributed by atoms with E-state index in [1.807, 2.05) is 36.1 Å². The van der Waals surface area contributed by atoms with Crippen molar-refractivity contribution in [1.29, 1.82) is 0 Å². The van der Waals surface area contributed by atoms with Gasteiger partial charge in [-0.25, -0.2) is 4.79 Å². The van der Waals surface area contributed by atoms with Crippen molar-refractivity contribution in [2.45, 2.75) is 38.8 Å². The quantitative estimate of drug-likeness (QED) is 0.554. The van der Waals surface area contributed by atoms with Gasteiger partial charge in [-0.15, -0.1) is 0 Å². The average Bonchev–Trinajstić information content (AvgIpc) is 3.16. The van der Waals surface area contributed by atoms with E-state index in [2.05, 4.69) is 10.2 Å². The number of amides is 2. The lowest BCUT2D eigenvalue weighted by Crippen LogP contribution is -2.46. The van der Waals surface area contributed by atoms with Crippen molar-refractivity contribution in [2.75, 3.05) is 40.4 Å². The van der Waals surface area contributed by atoms with Gasteiger partial charge in [0.1, 0.15) is 5.75 Å². The Morgan fingerprint density at radius 1 is 0.914 bits per heavy atom. The lowest BCUT2D eigenvalue weighted by atomic mass is 10.1. The van der Waals surface area contributed by atoms with Crippen LogP contribution in [-0.2, 0) is 27.3 Å². The van der Waals surface area contributed by atoms with Crippen LogP contribution in [0.3, 0.4) is 0 Å². The largest absolute Gasteiger partial charge is 0.497 e. The van der Waals surface area contributed by atoms with E-state index in [9.17, 15) is 14.4 Å². The number of esters is 1. The molecule has 1 N–H and O–H groups in total. The predicted molar refractivity (Wildman–Crippen MR) is 133 cm³/mol. The molecular weight excluding hydrogens is 446 g/mol. The van der Waals surface area contributed by atoms with Gasteiger partial charge in [-0.2, -0.15) is 0 Å². The van der Waals surface area contributed by atoms with Gasteiger partial charge < -0.3 is 19.7 Å². The second-order valence-electron chi connectivity index (χ2n) is 8.70. The van der Waals surface area contributed by atoms with Crippen molar-refractivity contribution >= 4 is 17.8 Å². The first-order valence-electron chi connectivity index (χ1n) is 12.0. The third-order valence-corrected chi connectivity index (χ3v) is 6.44. The molecule has 1 heterocycles. The van der Waals surface area contributed by atoms with Gasteiger partial charge in [-0.1, -0.05) is 24.3 Å². The molecule has 3 rings (SSSR count). The molecule has 1 fully saturated rings. The van der Waals surface area contributed by atoms with E-state index in [0.717, 1.165) is 29.8 Å². The molecule has 188 valence electrons. The molecule has 1 aliphatic rings. The number of nitrogens with zero attached hydrogens (tertiary/aromatic N) is 2. The maximum Gasteiger partial charge on any atom is 0.337 e. The topological polar surface area (TPSA) is 88.2 Å². The Kier molecular flexibility index (Phi) is 9.66. The SMILES string of the molecule is COC(=O)c1ccc(CNC(=O)C(C)N2CCCN(C(=O)CCc3ccc(OC)cc3)CC2)cc1. The van der Waals surface area contributed by atoms with Crippen LogP contribution >= 0.6 is 0 Å². The Labute approximate surface area is 207 Å². The fourth-order valence-electron chi connectivity index (χ4n) is 4.15. The van der Waals surface area contributed by atoms with E-state index in [4.69, 9.17) is 9.47 Å². The van der Waals surface area contributed by atoms with Crippen LogP contribution in [0.15, 0.2) is 48.5 Å². The maximum atomic E-state index is 12.8.